The Morgan fingerprint density at radius 1 is 0.947 bits per heavy atom. The van der Waals surface area contributed by atoms with Crippen LogP contribution >= 0.6 is 0 Å². The second kappa shape index (κ2) is 6.06. The van der Waals surface area contributed by atoms with Gasteiger partial charge in [-0.25, -0.2) is 0 Å². The van der Waals surface area contributed by atoms with Crippen LogP contribution in [0.25, 0.3) is 0 Å². The zero-order valence-electron chi connectivity index (χ0n) is 13.3. The van der Waals surface area contributed by atoms with E-state index in [1.54, 1.807) is 5.06 Å². The van der Waals surface area contributed by atoms with Crippen LogP contribution in [0.15, 0.2) is 30.3 Å². The first kappa shape index (κ1) is 16.2. The number of rotatable bonds is 1. The van der Waals surface area contributed by atoms with E-state index >= 15 is 0 Å². The second-order valence-electron chi connectivity index (χ2n) is 6.45. The molecule has 1 aromatic rings. The maximum Gasteiger partial charge on any atom is 0.0416 e. The fourth-order valence-electron chi connectivity index (χ4n) is 3.23. The molecule has 0 radical (unpaired) electrons. The first-order valence-corrected chi connectivity index (χ1v) is 7.37. The Morgan fingerprint density at radius 2 is 1.37 bits per heavy atom. The van der Waals surface area contributed by atoms with Gasteiger partial charge < -0.3 is 5.21 Å². The number of hydrogen-bond donors (Lipinski definition) is 1. The third kappa shape index (κ3) is 3.58. The van der Waals surface area contributed by atoms with Gasteiger partial charge in [-0.05, 0) is 52.0 Å². The average molecular weight is 263 g/mol. The first-order chi connectivity index (χ1) is 8.83. The molecular formula is C17H29NO. The molecular weight excluding hydrogens is 234 g/mol. The van der Waals surface area contributed by atoms with Crippen LogP contribution in [0.2, 0.25) is 0 Å². The second-order valence-corrected chi connectivity index (χ2v) is 6.45. The van der Waals surface area contributed by atoms with E-state index in [1.807, 2.05) is 13.8 Å². The van der Waals surface area contributed by atoms with Gasteiger partial charge in [0.25, 0.3) is 0 Å². The van der Waals surface area contributed by atoms with Crippen LogP contribution in [0.5, 0.6) is 0 Å². The molecule has 1 aliphatic rings. The van der Waals surface area contributed by atoms with Crippen molar-refractivity contribution in [2.24, 2.45) is 0 Å². The SMILES string of the molecule is CC.CC1(C)CC(c2ccccc2)CC(C)(C)N1O. The third-order valence-corrected chi connectivity index (χ3v) is 3.91. The smallest absolute Gasteiger partial charge is 0.0416 e. The van der Waals surface area contributed by atoms with E-state index in [4.69, 9.17) is 0 Å². The van der Waals surface area contributed by atoms with E-state index in [-0.39, 0.29) is 11.1 Å². The Balaban J connectivity index is 0.000000861. The molecule has 0 unspecified atom stereocenters. The minimum Gasteiger partial charge on any atom is -0.313 e. The first-order valence-electron chi connectivity index (χ1n) is 7.37. The van der Waals surface area contributed by atoms with E-state index < -0.39 is 0 Å². The third-order valence-electron chi connectivity index (χ3n) is 3.91. The minimum absolute atomic E-state index is 0.164. The molecule has 2 heteroatoms. The zero-order valence-corrected chi connectivity index (χ0v) is 13.3. The number of hydroxylamine groups is 2. The molecule has 1 N–H and O–H groups in total. The Kier molecular flexibility index (Phi) is 5.17. The molecule has 108 valence electrons. The summed E-state index contributed by atoms with van der Waals surface area (Å²) in [6.45, 7) is 12.5. The van der Waals surface area contributed by atoms with Gasteiger partial charge in [0.2, 0.25) is 0 Å². The highest BCUT2D eigenvalue weighted by Crippen LogP contribution is 2.44. The van der Waals surface area contributed by atoms with Gasteiger partial charge in [0.1, 0.15) is 0 Å². The molecule has 0 aliphatic carbocycles. The van der Waals surface area contributed by atoms with Gasteiger partial charge in [0.05, 0.1) is 0 Å². The normalized spacial score (nSPS) is 22.5. The maximum atomic E-state index is 10.3. The Labute approximate surface area is 118 Å². The number of piperidine rings is 1. The fourth-order valence-corrected chi connectivity index (χ4v) is 3.23. The van der Waals surface area contributed by atoms with Crippen molar-refractivity contribution in [2.75, 3.05) is 0 Å². The molecule has 1 saturated heterocycles. The van der Waals surface area contributed by atoms with Gasteiger partial charge in [-0.1, -0.05) is 44.2 Å². The molecule has 0 atom stereocenters. The zero-order chi connectivity index (χ0) is 14.7. The number of benzene rings is 1. The lowest BCUT2D eigenvalue weighted by Crippen LogP contribution is -2.58. The van der Waals surface area contributed by atoms with Crippen molar-refractivity contribution in [3.63, 3.8) is 0 Å². The molecule has 1 aliphatic heterocycles. The lowest BCUT2D eigenvalue weighted by molar-refractivity contribution is -0.245. The summed E-state index contributed by atoms with van der Waals surface area (Å²) < 4.78 is 0. The fraction of sp³-hybridized carbons (Fsp3) is 0.647. The van der Waals surface area contributed by atoms with Gasteiger partial charge >= 0.3 is 0 Å². The summed E-state index contributed by atoms with van der Waals surface area (Å²) in [6, 6.07) is 10.6. The number of hydrogen-bond acceptors (Lipinski definition) is 2. The molecule has 0 aromatic heterocycles. The van der Waals surface area contributed by atoms with E-state index in [0.717, 1.165) is 12.8 Å². The molecule has 0 amide bonds. The van der Waals surface area contributed by atoms with Gasteiger partial charge in [0.15, 0.2) is 0 Å². The molecule has 0 saturated carbocycles. The molecule has 0 bridgehead atoms. The molecule has 0 spiro atoms. The summed E-state index contributed by atoms with van der Waals surface area (Å²) in [5.74, 6) is 0.532. The van der Waals surface area contributed by atoms with Crippen molar-refractivity contribution < 1.29 is 5.21 Å². The van der Waals surface area contributed by atoms with Crippen LogP contribution in [0.1, 0.15) is 65.9 Å². The van der Waals surface area contributed by atoms with Crippen molar-refractivity contribution in [3.05, 3.63) is 35.9 Å². The highest BCUT2D eigenvalue weighted by atomic mass is 16.5. The van der Waals surface area contributed by atoms with E-state index in [2.05, 4.69) is 58.0 Å². The average Bonchev–Trinajstić information content (AvgIpc) is 2.38. The molecule has 2 nitrogen and oxygen atoms in total. The van der Waals surface area contributed by atoms with Gasteiger partial charge in [-0.2, -0.15) is 5.06 Å². The topological polar surface area (TPSA) is 23.5 Å². The predicted octanol–water partition coefficient (Wildman–Crippen LogP) is 4.84. The monoisotopic (exact) mass is 263 g/mol. The van der Waals surface area contributed by atoms with E-state index in [1.165, 1.54) is 5.56 Å². The highest BCUT2D eigenvalue weighted by Gasteiger charge is 2.45. The van der Waals surface area contributed by atoms with Crippen LogP contribution in [0, 0.1) is 0 Å². The largest absolute Gasteiger partial charge is 0.313 e. The van der Waals surface area contributed by atoms with Crippen LogP contribution in [0.3, 0.4) is 0 Å². The van der Waals surface area contributed by atoms with Crippen molar-refractivity contribution in [1.29, 1.82) is 0 Å². The Morgan fingerprint density at radius 3 is 1.79 bits per heavy atom. The van der Waals surface area contributed by atoms with Gasteiger partial charge in [-0.3, -0.25) is 0 Å². The molecule has 1 heterocycles. The Bertz CT molecular complexity index is 366. The molecule has 19 heavy (non-hydrogen) atoms. The molecule has 1 fully saturated rings. The minimum atomic E-state index is -0.164. The van der Waals surface area contributed by atoms with Gasteiger partial charge in [0, 0.05) is 11.1 Å². The van der Waals surface area contributed by atoms with Crippen molar-refractivity contribution in [1.82, 2.24) is 5.06 Å². The lowest BCUT2D eigenvalue weighted by Gasteiger charge is -2.51. The van der Waals surface area contributed by atoms with Crippen LogP contribution in [0.4, 0.5) is 0 Å². The standard InChI is InChI=1S/C15H23NO.C2H6/c1-14(2)10-13(11-15(3,4)16(14)17)12-8-6-5-7-9-12;1-2/h5-9,13,17H,10-11H2,1-4H3;1-2H3. The summed E-state index contributed by atoms with van der Waals surface area (Å²) in [4.78, 5) is 0. The summed E-state index contributed by atoms with van der Waals surface area (Å²) in [7, 11) is 0. The summed E-state index contributed by atoms with van der Waals surface area (Å²) in [6.07, 6.45) is 1.99. The van der Waals surface area contributed by atoms with Crippen LogP contribution in [-0.2, 0) is 0 Å². The van der Waals surface area contributed by atoms with Crippen LogP contribution in [-0.4, -0.2) is 21.3 Å². The van der Waals surface area contributed by atoms with Crippen molar-refractivity contribution >= 4 is 0 Å². The highest BCUT2D eigenvalue weighted by molar-refractivity contribution is 5.22. The summed E-state index contributed by atoms with van der Waals surface area (Å²) in [5.41, 5.74) is 1.06. The number of nitrogens with zero attached hydrogens (tertiary/aromatic N) is 1. The summed E-state index contributed by atoms with van der Waals surface area (Å²) in [5, 5.41) is 11.8. The van der Waals surface area contributed by atoms with E-state index in [0.29, 0.717) is 5.92 Å². The van der Waals surface area contributed by atoms with Gasteiger partial charge in [-0.15, -0.1) is 0 Å². The quantitative estimate of drug-likeness (QED) is 0.783. The van der Waals surface area contributed by atoms with Crippen LogP contribution < -0.4 is 0 Å². The lowest BCUT2D eigenvalue weighted by atomic mass is 9.73. The van der Waals surface area contributed by atoms with Crippen molar-refractivity contribution in [2.45, 2.75) is 71.4 Å². The molecule has 2 rings (SSSR count). The predicted molar refractivity (Wildman–Crippen MR) is 81.5 cm³/mol. The summed E-state index contributed by atoms with van der Waals surface area (Å²) >= 11 is 0. The van der Waals surface area contributed by atoms with E-state index in [9.17, 15) is 5.21 Å². The van der Waals surface area contributed by atoms with Crippen molar-refractivity contribution in [3.8, 4) is 0 Å². The Hall–Kier alpha value is -0.860. The molecule has 1 aromatic carbocycles. The maximum absolute atomic E-state index is 10.3.